The lowest BCUT2D eigenvalue weighted by Crippen LogP contribution is -2.31. The van der Waals surface area contributed by atoms with Crippen LogP contribution in [-0.2, 0) is 0 Å². The van der Waals surface area contributed by atoms with Crippen LogP contribution in [0.15, 0.2) is 42.7 Å². The van der Waals surface area contributed by atoms with Gasteiger partial charge in [0.2, 0.25) is 0 Å². The van der Waals surface area contributed by atoms with Gasteiger partial charge in [-0.3, -0.25) is 4.98 Å². The maximum absolute atomic E-state index is 8.99. The van der Waals surface area contributed by atoms with Crippen LogP contribution in [0.5, 0.6) is 0 Å². The number of aromatic nitrogens is 1. The molecule has 2 aromatic rings. The minimum Gasteiger partial charge on any atom is -0.376 e. The highest BCUT2D eigenvalue weighted by molar-refractivity contribution is 5.83. The van der Waals surface area contributed by atoms with Gasteiger partial charge in [-0.1, -0.05) is 12.1 Å². The Labute approximate surface area is 125 Å². The molecule has 3 heteroatoms. The topological polar surface area (TPSA) is 48.7 Å². The third kappa shape index (κ3) is 2.53. The number of anilines is 1. The van der Waals surface area contributed by atoms with Crippen LogP contribution in [0.25, 0.3) is 16.7 Å². The molecular formula is C18H17N3. The summed E-state index contributed by atoms with van der Waals surface area (Å²) in [7, 11) is 0. The van der Waals surface area contributed by atoms with Crippen LogP contribution in [0.2, 0.25) is 0 Å². The summed E-state index contributed by atoms with van der Waals surface area (Å²) in [6, 6.07) is 10.3. The zero-order chi connectivity index (χ0) is 15.0. The molecule has 0 aliphatic carbocycles. The Morgan fingerprint density at radius 3 is 2.71 bits per heavy atom. The predicted octanol–water partition coefficient (Wildman–Crippen LogP) is 4.23. The first-order valence-corrected chi connectivity index (χ1v) is 6.96. The molecule has 2 heterocycles. The Balaban J connectivity index is 2.09. The van der Waals surface area contributed by atoms with Crippen LogP contribution >= 0.6 is 0 Å². The van der Waals surface area contributed by atoms with Crippen LogP contribution < -0.4 is 5.32 Å². The average Bonchev–Trinajstić information content (AvgIpc) is 2.46. The number of hydrogen-bond donors (Lipinski definition) is 1. The molecule has 1 aromatic heterocycles. The van der Waals surface area contributed by atoms with E-state index >= 15 is 0 Å². The number of nitrogens with one attached hydrogen (secondary N) is 1. The van der Waals surface area contributed by atoms with Gasteiger partial charge in [-0.2, -0.15) is 5.26 Å². The van der Waals surface area contributed by atoms with Gasteiger partial charge in [-0.25, -0.2) is 0 Å². The molecule has 0 amide bonds. The van der Waals surface area contributed by atoms with Crippen molar-refractivity contribution in [2.75, 3.05) is 5.32 Å². The van der Waals surface area contributed by atoms with Crippen LogP contribution in [0, 0.1) is 11.3 Å². The zero-order valence-electron chi connectivity index (χ0n) is 12.4. The summed E-state index contributed by atoms with van der Waals surface area (Å²) < 4.78 is 0. The predicted molar refractivity (Wildman–Crippen MR) is 85.7 cm³/mol. The van der Waals surface area contributed by atoms with Gasteiger partial charge >= 0.3 is 0 Å². The van der Waals surface area contributed by atoms with Gasteiger partial charge in [0.25, 0.3) is 0 Å². The number of fused-ring (bicyclic) bond motifs is 1. The number of allylic oxidation sites excluding steroid dienone is 1. The Morgan fingerprint density at radius 2 is 1.95 bits per heavy atom. The van der Waals surface area contributed by atoms with E-state index in [1.165, 1.54) is 11.1 Å². The quantitative estimate of drug-likeness (QED) is 0.847. The van der Waals surface area contributed by atoms with Crippen molar-refractivity contribution in [3.8, 4) is 17.2 Å². The van der Waals surface area contributed by atoms with Crippen molar-refractivity contribution in [1.29, 1.82) is 5.26 Å². The van der Waals surface area contributed by atoms with Crippen LogP contribution in [-0.4, -0.2) is 10.5 Å². The highest BCUT2D eigenvalue weighted by Gasteiger charge is 2.22. The van der Waals surface area contributed by atoms with Gasteiger partial charge in [-0.05, 0) is 50.1 Å². The van der Waals surface area contributed by atoms with Crippen molar-refractivity contribution in [2.45, 2.75) is 26.3 Å². The van der Waals surface area contributed by atoms with E-state index in [4.69, 9.17) is 5.26 Å². The van der Waals surface area contributed by atoms with Crippen molar-refractivity contribution in [3.05, 3.63) is 53.9 Å². The Hall–Kier alpha value is -2.60. The maximum atomic E-state index is 8.99. The second-order valence-electron chi connectivity index (χ2n) is 6.01. The van der Waals surface area contributed by atoms with Gasteiger partial charge < -0.3 is 5.32 Å². The molecule has 0 atom stereocenters. The monoisotopic (exact) mass is 275 g/mol. The molecule has 0 unspecified atom stereocenters. The summed E-state index contributed by atoms with van der Waals surface area (Å²) in [4.78, 5) is 4.13. The normalized spacial score (nSPS) is 15.4. The molecule has 0 saturated carbocycles. The first kappa shape index (κ1) is 13.4. The fourth-order valence-corrected chi connectivity index (χ4v) is 2.82. The molecule has 1 aromatic carbocycles. The smallest absolute Gasteiger partial charge is 0.101 e. The molecule has 3 rings (SSSR count). The lowest BCUT2D eigenvalue weighted by atomic mass is 9.89. The van der Waals surface area contributed by atoms with Crippen LogP contribution in [0.4, 0.5) is 5.69 Å². The minimum absolute atomic E-state index is 0.0269. The molecule has 1 N–H and O–H groups in total. The molecule has 3 nitrogen and oxygen atoms in total. The van der Waals surface area contributed by atoms with Gasteiger partial charge in [0.1, 0.15) is 6.07 Å². The third-order valence-electron chi connectivity index (χ3n) is 3.68. The van der Waals surface area contributed by atoms with E-state index in [2.05, 4.69) is 61.4 Å². The van der Waals surface area contributed by atoms with Gasteiger partial charge in [0.15, 0.2) is 0 Å². The number of nitriles is 1. The van der Waals surface area contributed by atoms with Crippen molar-refractivity contribution < 1.29 is 0 Å². The van der Waals surface area contributed by atoms with Gasteiger partial charge in [-0.15, -0.1) is 0 Å². The number of rotatable bonds is 1. The van der Waals surface area contributed by atoms with Crippen molar-refractivity contribution in [2.24, 2.45) is 0 Å². The van der Waals surface area contributed by atoms with Gasteiger partial charge in [0.05, 0.1) is 11.1 Å². The largest absolute Gasteiger partial charge is 0.376 e. The fraction of sp³-hybridized carbons (Fsp3) is 0.222. The minimum atomic E-state index is -0.0269. The lowest BCUT2D eigenvalue weighted by Gasteiger charge is -2.31. The second kappa shape index (κ2) is 4.75. The number of benzene rings is 1. The number of nitrogens with zero attached hydrogens (tertiary/aromatic N) is 2. The molecular weight excluding hydrogens is 258 g/mol. The molecule has 1 aliphatic rings. The van der Waals surface area contributed by atoms with E-state index in [0.29, 0.717) is 5.56 Å². The average molecular weight is 275 g/mol. The van der Waals surface area contributed by atoms with Crippen molar-refractivity contribution in [1.82, 2.24) is 4.98 Å². The highest BCUT2D eigenvalue weighted by Crippen LogP contribution is 2.36. The summed E-state index contributed by atoms with van der Waals surface area (Å²) in [5, 5.41) is 12.5. The van der Waals surface area contributed by atoms with Crippen LogP contribution in [0.3, 0.4) is 0 Å². The van der Waals surface area contributed by atoms with E-state index in [0.717, 1.165) is 16.8 Å². The SMILES string of the molecule is CC1=CC(C)(C)Nc2ccc(-c3cncc(C#N)c3)cc21. The first-order valence-electron chi connectivity index (χ1n) is 6.96. The van der Waals surface area contributed by atoms with Crippen molar-refractivity contribution in [3.63, 3.8) is 0 Å². The fourth-order valence-electron chi connectivity index (χ4n) is 2.82. The Kier molecular flexibility index (Phi) is 3.03. The molecule has 0 saturated heterocycles. The van der Waals surface area contributed by atoms with E-state index < -0.39 is 0 Å². The second-order valence-corrected chi connectivity index (χ2v) is 6.01. The third-order valence-corrected chi connectivity index (χ3v) is 3.68. The zero-order valence-corrected chi connectivity index (χ0v) is 12.4. The van der Waals surface area contributed by atoms with E-state index in [-0.39, 0.29) is 5.54 Å². The molecule has 21 heavy (non-hydrogen) atoms. The van der Waals surface area contributed by atoms with Crippen molar-refractivity contribution >= 4 is 11.3 Å². The van der Waals surface area contributed by atoms with Gasteiger partial charge in [0, 0.05) is 29.2 Å². The summed E-state index contributed by atoms with van der Waals surface area (Å²) in [6.07, 6.45) is 5.61. The molecule has 0 radical (unpaired) electrons. The highest BCUT2D eigenvalue weighted by atomic mass is 15.0. The molecule has 0 bridgehead atoms. The maximum Gasteiger partial charge on any atom is 0.101 e. The summed E-state index contributed by atoms with van der Waals surface area (Å²) in [5.41, 5.74) is 6.21. The lowest BCUT2D eigenvalue weighted by molar-refractivity contribution is 0.707. The summed E-state index contributed by atoms with van der Waals surface area (Å²) >= 11 is 0. The molecule has 104 valence electrons. The summed E-state index contributed by atoms with van der Waals surface area (Å²) in [6.45, 7) is 6.45. The standard InChI is InChI=1S/C18H17N3/c1-12-8-18(2,3)21-17-5-4-14(7-16(12)17)15-6-13(9-19)10-20-11-15/h4-8,10-11,21H,1-3H3. The number of hydrogen-bond acceptors (Lipinski definition) is 3. The first-order chi connectivity index (χ1) is 9.98. The van der Waals surface area contributed by atoms with E-state index in [1.54, 1.807) is 12.4 Å². The molecule has 0 fully saturated rings. The molecule has 1 aliphatic heterocycles. The molecule has 0 spiro atoms. The Morgan fingerprint density at radius 1 is 1.14 bits per heavy atom. The van der Waals surface area contributed by atoms with E-state index in [9.17, 15) is 0 Å². The van der Waals surface area contributed by atoms with Crippen LogP contribution in [0.1, 0.15) is 31.9 Å². The Bertz CT molecular complexity index is 779. The van der Waals surface area contributed by atoms with E-state index in [1.807, 2.05) is 6.07 Å². The number of pyridine rings is 1. The summed E-state index contributed by atoms with van der Waals surface area (Å²) in [5.74, 6) is 0.